The predicted molar refractivity (Wildman–Crippen MR) is 75.5 cm³/mol. The molecule has 3 nitrogen and oxygen atoms in total. The van der Waals surface area contributed by atoms with Crippen LogP contribution in [0.3, 0.4) is 0 Å². The molecule has 1 amide bonds. The number of thiophene rings is 1. The second-order valence-electron chi connectivity index (χ2n) is 4.93. The van der Waals surface area contributed by atoms with Gasteiger partial charge in [0.15, 0.2) is 0 Å². The van der Waals surface area contributed by atoms with Gasteiger partial charge in [-0.3, -0.25) is 10.1 Å². The van der Waals surface area contributed by atoms with Crippen molar-refractivity contribution in [2.75, 3.05) is 0 Å². The van der Waals surface area contributed by atoms with E-state index in [-0.39, 0.29) is 18.1 Å². The molecule has 3 atom stereocenters. The van der Waals surface area contributed by atoms with Gasteiger partial charge in [-0.15, -0.1) is 11.3 Å². The fourth-order valence-electron chi connectivity index (χ4n) is 2.48. The molecule has 1 aromatic heterocycles. The zero-order valence-corrected chi connectivity index (χ0v) is 12.2. The number of hydrogen-bond acceptors (Lipinski definition) is 3. The van der Waals surface area contributed by atoms with E-state index in [1.807, 2.05) is 11.0 Å². The van der Waals surface area contributed by atoms with Crippen molar-refractivity contribution in [2.45, 2.75) is 58.3 Å². The normalized spacial score (nSPS) is 25.7. The first kappa shape index (κ1) is 13.6. The Labute approximate surface area is 113 Å². The minimum atomic E-state index is -0.00361. The average Bonchev–Trinajstić information content (AvgIpc) is 2.98. The number of nitrogens with one attached hydrogen (secondary N) is 1. The summed E-state index contributed by atoms with van der Waals surface area (Å²) in [6, 6.07) is 4.45. The third-order valence-electron chi connectivity index (χ3n) is 3.65. The summed E-state index contributed by atoms with van der Waals surface area (Å²) < 4.78 is 0. The molecule has 0 spiro atoms. The summed E-state index contributed by atoms with van der Waals surface area (Å²) >= 11 is 1.72. The topological polar surface area (TPSA) is 32.3 Å². The lowest BCUT2D eigenvalue weighted by atomic mass is 10.1. The van der Waals surface area contributed by atoms with Crippen molar-refractivity contribution in [3.8, 4) is 0 Å². The van der Waals surface area contributed by atoms with Crippen molar-refractivity contribution >= 4 is 17.2 Å². The second kappa shape index (κ2) is 5.85. The van der Waals surface area contributed by atoms with Crippen molar-refractivity contribution < 1.29 is 4.79 Å². The first-order valence-corrected chi connectivity index (χ1v) is 7.68. The van der Waals surface area contributed by atoms with E-state index in [4.69, 9.17) is 0 Å². The Hall–Kier alpha value is -0.870. The van der Waals surface area contributed by atoms with E-state index in [0.717, 1.165) is 19.3 Å². The van der Waals surface area contributed by atoms with Gasteiger partial charge in [0.25, 0.3) is 0 Å². The molecule has 2 rings (SSSR count). The molecule has 1 aliphatic rings. The van der Waals surface area contributed by atoms with Gasteiger partial charge >= 0.3 is 0 Å². The summed E-state index contributed by atoms with van der Waals surface area (Å²) in [7, 11) is 0. The molecule has 3 unspecified atom stereocenters. The molecule has 0 bridgehead atoms. The van der Waals surface area contributed by atoms with E-state index in [0.29, 0.717) is 6.04 Å². The molecule has 2 heterocycles. The van der Waals surface area contributed by atoms with Crippen LogP contribution in [0.25, 0.3) is 0 Å². The SMILES string of the molecule is CCCC1NC(c2cccs2)N(C(C)CC)C1=O. The Morgan fingerprint density at radius 3 is 2.83 bits per heavy atom. The van der Waals surface area contributed by atoms with Crippen LogP contribution in [-0.2, 0) is 4.79 Å². The number of amides is 1. The highest BCUT2D eigenvalue weighted by molar-refractivity contribution is 7.10. The van der Waals surface area contributed by atoms with Gasteiger partial charge in [0.1, 0.15) is 6.17 Å². The highest BCUT2D eigenvalue weighted by Crippen LogP contribution is 2.32. The van der Waals surface area contributed by atoms with Crippen LogP contribution in [0.15, 0.2) is 17.5 Å². The van der Waals surface area contributed by atoms with Crippen LogP contribution in [0.5, 0.6) is 0 Å². The fourth-order valence-corrected chi connectivity index (χ4v) is 3.26. The maximum atomic E-state index is 12.5. The lowest BCUT2D eigenvalue weighted by Gasteiger charge is -2.29. The minimum Gasteiger partial charge on any atom is -0.318 e. The minimum absolute atomic E-state index is 0.00361. The average molecular weight is 266 g/mol. The summed E-state index contributed by atoms with van der Waals surface area (Å²) in [5, 5.41) is 5.57. The maximum absolute atomic E-state index is 12.5. The van der Waals surface area contributed by atoms with Gasteiger partial charge in [0, 0.05) is 10.9 Å². The molecule has 1 saturated heterocycles. The molecule has 0 radical (unpaired) electrons. The summed E-state index contributed by atoms with van der Waals surface area (Å²) in [6.07, 6.45) is 3.03. The van der Waals surface area contributed by atoms with Gasteiger partial charge in [0.05, 0.1) is 6.04 Å². The molecule has 4 heteroatoms. The van der Waals surface area contributed by atoms with Crippen LogP contribution in [0.4, 0.5) is 0 Å². The monoisotopic (exact) mass is 266 g/mol. The molecule has 0 saturated carbocycles. The number of nitrogens with zero attached hydrogens (tertiary/aromatic N) is 1. The van der Waals surface area contributed by atoms with E-state index in [9.17, 15) is 4.79 Å². The van der Waals surface area contributed by atoms with Crippen molar-refractivity contribution in [2.24, 2.45) is 0 Å². The van der Waals surface area contributed by atoms with Crippen molar-refractivity contribution in [3.05, 3.63) is 22.4 Å². The van der Waals surface area contributed by atoms with Gasteiger partial charge in [-0.25, -0.2) is 0 Å². The number of carbonyl (C=O) groups excluding carboxylic acids is 1. The third-order valence-corrected chi connectivity index (χ3v) is 4.57. The number of rotatable bonds is 5. The molecule has 0 aromatic carbocycles. The number of carbonyl (C=O) groups is 1. The highest BCUT2D eigenvalue weighted by Gasteiger charge is 2.41. The second-order valence-corrected chi connectivity index (χ2v) is 5.91. The molecule has 1 aromatic rings. The lowest BCUT2D eigenvalue weighted by Crippen LogP contribution is -2.37. The first-order chi connectivity index (χ1) is 8.69. The van der Waals surface area contributed by atoms with E-state index < -0.39 is 0 Å². The van der Waals surface area contributed by atoms with Gasteiger partial charge in [0.2, 0.25) is 5.91 Å². The van der Waals surface area contributed by atoms with Gasteiger partial charge in [-0.1, -0.05) is 26.3 Å². The molecular formula is C14H22N2OS. The standard InChI is InChI=1S/C14H22N2OS/c1-4-7-11-14(17)16(10(3)5-2)13(15-11)12-8-6-9-18-12/h6,8-11,13,15H,4-5,7H2,1-3H3. The van der Waals surface area contributed by atoms with Crippen molar-refractivity contribution in [1.82, 2.24) is 10.2 Å². The summed E-state index contributed by atoms with van der Waals surface area (Å²) in [4.78, 5) is 15.7. The zero-order chi connectivity index (χ0) is 13.1. The Morgan fingerprint density at radius 2 is 2.28 bits per heavy atom. The lowest BCUT2D eigenvalue weighted by molar-refractivity contribution is -0.132. The van der Waals surface area contributed by atoms with Crippen LogP contribution in [-0.4, -0.2) is 22.9 Å². The molecule has 1 N–H and O–H groups in total. The molecule has 0 aliphatic carbocycles. The van der Waals surface area contributed by atoms with E-state index in [2.05, 4.69) is 37.5 Å². The van der Waals surface area contributed by atoms with Gasteiger partial charge < -0.3 is 4.90 Å². The molecular weight excluding hydrogens is 244 g/mol. The van der Waals surface area contributed by atoms with Crippen LogP contribution in [0.1, 0.15) is 51.1 Å². The zero-order valence-electron chi connectivity index (χ0n) is 11.3. The summed E-state index contributed by atoms with van der Waals surface area (Å²) in [5.41, 5.74) is 0. The Balaban J connectivity index is 2.23. The van der Waals surface area contributed by atoms with E-state index in [1.165, 1.54) is 4.88 Å². The molecule has 1 fully saturated rings. The smallest absolute Gasteiger partial charge is 0.241 e. The Kier molecular flexibility index (Phi) is 4.40. The molecule has 18 heavy (non-hydrogen) atoms. The first-order valence-electron chi connectivity index (χ1n) is 6.80. The number of hydrogen-bond donors (Lipinski definition) is 1. The van der Waals surface area contributed by atoms with Crippen LogP contribution < -0.4 is 5.32 Å². The summed E-state index contributed by atoms with van der Waals surface area (Å²) in [5.74, 6) is 0.268. The maximum Gasteiger partial charge on any atom is 0.241 e. The third kappa shape index (κ3) is 2.45. The Bertz CT molecular complexity index is 391. The fraction of sp³-hybridized carbons (Fsp3) is 0.643. The van der Waals surface area contributed by atoms with Crippen molar-refractivity contribution in [1.29, 1.82) is 0 Å². The summed E-state index contributed by atoms with van der Waals surface area (Å²) in [6.45, 7) is 6.39. The van der Waals surface area contributed by atoms with Crippen molar-refractivity contribution in [3.63, 3.8) is 0 Å². The van der Waals surface area contributed by atoms with Gasteiger partial charge in [-0.05, 0) is 31.2 Å². The van der Waals surface area contributed by atoms with E-state index in [1.54, 1.807) is 11.3 Å². The Morgan fingerprint density at radius 1 is 1.50 bits per heavy atom. The largest absolute Gasteiger partial charge is 0.318 e. The molecule has 100 valence electrons. The highest BCUT2D eigenvalue weighted by atomic mass is 32.1. The van der Waals surface area contributed by atoms with Gasteiger partial charge in [-0.2, -0.15) is 0 Å². The van der Waals surface area contributed by atoms with E-state index >= 15 is 0 Å². The molecule has 1 aliphatic heterocycles. The van der Waals surface area contributed by atoms with Crippen LogP contribution in [0.2, 0.25) is 0 Å². The quantitative estimate of drug-likeness (QED) is 0.888. The predicted octanol–water partition coefficient (Wildman–Crippen LogP) is 3.15. The van der Waals surface area contributed by atoms with Crippen LogP contribution >= 0.6 is 11.3 Å². The van der Waals surface area contributed by atoms with Crippen LogP contribution in [0, 0.1) is 0 Å².